The van der Waals surface area contributed by atoms with Crippen LogP contribution in [0.25, 0.3) is 10.8 Å². The van der Waals surface area contributed by atoms with Crippen LogP contribution in [0.5, 0.6) is 17.2 Å². The van der Waals surface area contributed by atoms with Crippen molar-refractivity contribution in [1.29, 1.82) is 0 Å². The molecule has 6 nitrogen and oxygen atoms in total. The van der Waals surface area contributed by atoms with Crippen molar-refractivity contribution in [2.24, 2.45) is 0 Å². The molecule has 0 aliphatic carbocycles. The molecule has 0 aromatic heterocycles. The molecule has 7 heteroatoms. The average molecular weight is 382 g/mol. The highest BCUT2D eigenvalue weighted by atomic mass is 32.1. The molecule has 3 N–H and O–H groups in total. The van der Waals surface area contributed by atoms with Gasteiger partial charge in [0.25, 0.3) is 5.91 Å². The first-order chi connectivity index (χ1) is 13.0. The summed E-state index contributed by atoms with van der Waals surface area (Å²) in [5.41, 5.74) is 0.919. The normalized spacial score (nSPS) is 10.3. The summed E-state index contributed by atoms with van der Waals surface area (Å²) in [6, 6.07) is 15.7. The highest BCUT2D eigenvalue weighted by Crippen LogP contribution is 2.30. The summed E-state index contributed by atoms with van der Waals surface area (Å²) in [5, 5.41) is 17.2. The standard InChI is InChI=1S/C20H18N2O4S/c1-25-16-10-5-11-17(26-2)18(16)19(24)22-20(27)21-14-8-3-7-13-12(14)6-4-9-15(13)23/h3-11,23H,1-2H3,(H2,21,22,24,27). The number of hydrogen-bond acceptors (Lipinski definition) is 5. The van der Waals surface area contributed by atoms with Crippen LogP contribution >= 0.6 is 12.2 Å². The quantitative estimate of drug-likeness (QED) is 0.597. The first kappa shape index (κ1) is 18.5. The van der Waals surface area contributed by atoms with Crippen LogP contribution in [0.4, 0.5) is 5.69 Å². The van der Waals surface area contributed by atoms with Crippen molar-refractivity contribution >= 4 is 39.7 Å². The molecule has 0 unspecified atom stereocenters. The molecule has 0 atom stereocenters. The fraction of sp³-hybridized carbons (Fsp3) is 0.100. The van der Waals surface area contributed by atoms with Crippen molar-refractivity contribution in [3.05, 3.63) is 60.2 Å². The Morgan fingerprint density at radius 2 is 1.52 bits per heavy atom. The third-order valence-electron chi connectivity index (χ3n) is 4.03. The van der Waals surface area contributed by atoms with Gasteiger partial charge in [-0.05, 0) is 36.5 Å². The lowest BCUT2D eigenvalue weighted by Crippen LogP contribution is -2.34. The summed E-state index contributed by atoms with van der Waals surface area (Å²) < 4.78 is 10.5. The zero-order chi connectivity index (χ0) is 19.4. The van der Waals surface area contributed by atoms with E-state index in [9.17, 15) is 9.90 Å². The summed E-state index contributed by atoms with van der Waals surface area (Å²) in [5.74, 6) is 0.476. The summed E-state index contributed by atoms with van der Waals surface area (Å²) in [4.78, 5) is 12.7. The molecule has 0 saturated heterocycles. The van der Waals surface area contributed by atoms with E-state index in [1.54, 1.807) is 42.5 Å². The molecule has 0 aliphatic rings. The fourth-order valence-corrected chi connectivity index (χ4v) is 3.00. The molecule has 0 aliphatic heterocycles. The van der Waals surface area contributed by atoms with Crippen LogP contribution in [0.3, 0.4) is 0 Å². The van der Waals surface area contributed by atoms with Crippen molar-refractivity contribution in [2.45, 2.75) is 0 Å². The van der Waals surface area contributed by atoms with Crippen LogP contribution in [0.2, 0.25) is 0 Å². The second-order valence-electron chi connectivity index (χ2n) is 5.62. The Kier molecular flexibility index (Phi) is 5.42. The molecule has 3 aromatic carbocycles. The van der Waals surface area contributed by atoms with E-state index in [1.165, 1.54) is 14.2 Å². The van der Waals surface area contributed by atoms with Gasteiger partial charge in [-0.2, -0.15) is 0 Å². The SMILES string of the molecule is COc1cccc(OC)c1C(=O)NC(=S)Nc1cccc2c(O)cccc12. The first-order valence-electron chi connectivity index (χ1n) is 8.09. The molecule has 0 radical (unpaired) electrons. The Morgan fingerprint density at radius 3 is 2.19 bits per heavy atom. The van der Waals surface area contributed by atoms with Crippen LogP contribution < -0.4 is 20.1 Å². The minimum atomic E-state index is -0.454. The maximum absolute atomic E-state index is 12.7. The van der Waals surface area contributed by atoms with E-state index in [1.807, 2.05) is 12.1 Å². The summed E-state index contributed by atoms with van der Waals surface area (Å²) >= 11 is 5.28. The molecule has 27 heavy (non-hydrogen) atoms. The lowest BCUT2D eigenvalue weighted by atomic mass is 10.1. The molecule has 0 spiro atoms. The molecule has 0 heterocycles. The number of ether oxygens (including phenoxy) is 2. The van der Waals surface area contributed by atoms with E-state index >= 15 is 0 Å². The number of thiocarbonyl (C=S) groups is 1. The minimum absolute atomic E-state index is 0.115. The first-order valence-corrected chi connectivity index (χ1v) is 8.50. The van der Waals surface area contributed by atoms with Gasteiger partial charge in [0.15, 0.2) is 5.11 Å². The van der Waals surface area contributed by atoms with Gasteiger partial charge < -0.3 is 19.9 Å². The maximum Gasteiger partial charge on any atom is 0.264 e. The Morgan fingerprint density at radius 1 is 0.926 bits per heavy atom. The molecule has 1 amide bonds. The van der Waals surface area contributed by atoms with Gasteiger partial charge in [-0.3, -0.25) is 10.1 Å². The third kappa shape index (κ3) is 3.78. The molecule has 138 valence electrons. The minimum Gasteiger partial charge on any atom is -0.507 e. The summed E-state index contributed by atoms with van der Waals surface area (Å²) in [7, 11) is 2.95. The molecular formula is C20H18N2O4S. The maximum atomic E-state index is 12.7. The summed E-state index contributed by atoms with van der Waals surface area (Å²) in [6.45, 7) is 0. The van der Waals surface area contributed by atoms with Crippen molar-refractivity contribution in [1.82, 2.24) is 5.32 Å². The van der Waals surface area contributed by atoms with Gasteiger partial charge in [0.05, 0.1) is 14.2 Å². The number of amides is 1. The number of fused-ring (bicyclic) bond motifs is 1. The predicted octanol–water partition coefficient (Wildman–Crippen LogP) is 3.69. The Labute approximate surface area is 161 Å². The van der Waals surface area contributed by atoms with Crippen molar-refractivity contribution in [3.8, 4) is 17.2 Å². The van der Waals surface area contributed by atoms with Gasteiger partial charge in [-0.25, -0.2) is 0 Å². The van der Waals surface area contributed by atoms with Crippen molar-refractivity contribution in [2.75, 3.05) is 19.5 Å². The van der Waals surface area contributed by atoms with E-state index < -0.39 is 5.91 Å². The molecule has 3 rings (SSSR count). The zero-order valence-electron chi connectivity index (χ0n) is 14.8. The lowest BCUT2D eigenvalue weighted by Gasteiger charge is -2.15. The van der Waals surface area contributed by atoms with Crippen LogP contribution in [0.15, 0.2) is 54.6 Å². The number of phenolic OH excluding ortho intramolecular Hbond substituents is 1. The summed E-state index contributed by atoms with van der Waals surface area (Å²) in [6.07, 6.45) is 0. The number of carbonyl (C=O) groups is 1. The van der Waals surface area contributed by atoms with E-state index in [-0.39, 0.29) is 16.4 Å². The van der Waals surface area contributed by atoms with Crippen LogP contribution in [0.1, 0.15) is 10.4 Å². The molecule has 0 bridgehead atoms. The third-order valence-corrected chi connectivity index (χ3v) is 4.23. The highest BCUT2D eigenvalue weighted by molar-refractivity contribution is 7.80. The lowest BCUT2D eigenvalue weighted by molar-refractivity contribution is 0.0971. The van der Waals surface area contributed by atoms with Gasteiger partial charge in [0.1, 0.15) is 22.8 Å². The predicted molar refractivity (Wildman–Crippen MR) is 109 cm³/mol. The van der Waals surface area contributed by atoms with Gasteiger partial charge in [-0.15, -0.1) is 0 Å². The molecular weight excluding hydrogens is 364 g/mol. The topological polar surface area (TPSA) is 79.8 Å². The largest absolute Gasteiger partial charge is 0.507 e. The Bertz CT molecular complexity index is 998. The molecule has 3 aromatic rings. The second kappa shape index (κ2) is 7.92. The number of carbonyl (C=O) groups excluding carboxylic acids is 1. The second-order valence-corrected chi connectivity index (χ2v) is 6.03. The molecule has 0 saturated carbocycles. The number of aromatic hydroxyl groups is 1. The van der Waals surface area contributed by atoms with Crippen molar-refractivity contribution in [3.63, 3.8) is 0 Å². The van der Waals surface area contributed by atoms with Gasteiger partial charge in [0, 0.05) is 16.5 Å². The number of nitrogens with one attached hydrogen (secondary N) is 2. The van der Waals surface area contributed by atoms with Gasteiger partial charge in [-0.1, -0.05) is 30.3 Å². The monoisotopic (exact) mass is 382 g/mol. The Hall–Kier alpha value is -3.32. The van der Waals surface area contributed by atoms with E-state index in [0.29, 0.717) is 22.6 Å². The zero-order valence-corrected chi connectivity index (χ0v) is 15.6. The van der Waals surface area contributed by atoms with Crippen molar-refractivity contribution < 1.29 is 19.4 Å². The number of anilines is 1. The van der Waals surface area contributed by atoms with Gasteiger partial charge in [0.2, 0.25) is 0 Å². The number of benzene rings is 3. The van der Waals surface area contributed by atoms with Gasteiger partial charge >= 0.3 is 0 Å². The smallest absolute Gasteiger partial charge is 0.264 e. The fourth-order valence-electron chi connectivity index (χ4n) is 2.80. The highest BCUT2D eigenvalue weighted by Gasteiger charge is 2.19. The number of hydrogen-bond donors (Lipinski definition) is 3. The number of methoxy groups -OCH3 is 2. The Balaban J connectivity index is 1.83. The van der Waals surface area contributed by atoms with Crippen LogP contribution in [0, 0.1) is 0 Å². The number of phenols is 1. The van der Waals surface area contributed by atoms with E-state index in [2.05, 4.69) is 10.6 Å². The average Bonchev–Trinajstić information content (AvgIpc) is 2.68. The van der Waals surface area contributed by atoms with E-state index in [0.717, 1.165) is 5.39 Å². The van der Waals surface area contributed by atoms with Crippen LogP contribution in [-0.2, 0) is 0 Å². The van der Waals surface area contributed by atoms with E-state index in [4.69, 9.17) is 21.7 Å². The molecule has 0 fully saturated rings. The van der Waals surface area contributed by atoms with Crippen LogP contribution in [-0.4, -0.2) is 30.3 Å². The number of rotatable bonds is 4.